The number of nitrogens with zero attached hydrogens (tertiary/aromatic N) is 2. The standard InChI is InChI=1S/C16H24N4/c1-13(20-9-3-2-4-10-20)12-19-15-5-6-16(18)14(11-15)7-8-17/h5-6,11,13,19H,2-4,7,9-10,12,18H2,1H3. The highest BCUT2D eigenvalue weighted by atomic mass is 15.2. The van der Waals surface area contributed by atoms with Gasteiger partial charge in [-0.1, -0.05) is 6.42 Å². The number of hydrogen-bond acceptors (Lipinski definition) is 4. The van der Waals surface area contributed by atoms with E-state index < -0.39 is 0 Å². The third-order valence-corrected chi connectivity index (χ3v) is 4.03. The van der Waals surface area contributed by atoms with Gasteiger partial charge in [-0.3, -0.25) is 4.90 Å². The zero-order chi connectivity index (χ0) is 14.4. The highest BCUT2D eigenvalue weighted by molar-refractivity contribution is 5.58. The summed E-state index contributed by atoms with van der Waals surface area (Å²) in [6.45, 7) is 5.62. The van der Waals surface area contributed by atoms with Crippen LogP contribution in [0.25, 0.3) is 0 Å². The molecule has 0 radical (unpaired) electrons. The number of benzene rings is 1. The largest absolute Gasteiger partial charge is 0.398 e. The summed E-state index contributed by atoms with van der Waals surface area (Å²) in [5.41, 5.74) is 8.51. The Morgan fingerprint density at radius 3 is 2.80 bits per heavy atom. The first-order chi connectivity index (χ1) is 9.70. The van der Waals surface area contributed by atoms with E-state index in [1.54, 1.807) is 0 Å². The van der Waals surface area contributed by atoms with Crippen molar-refractivity contribution < 1.29 is 0 Å². The Morgan fingerprint density at radius 1 is 1.35 bits per heavy atom. The first-order valence-electron chi connectivity index (χ1n) is 7.44. The summed E-state index contributed by atoms with van der Waals surface area (Å²) in [5, 5.41) is 12.3. The van der Waals surface area contributed by atoms with Crippen LogP contribution in [0.1, 0.15) is 31.7 Å². The molecular weight excluding hydrogens is 248 g/mol. The van der Waals surface area contributed by atoms with Crippen molar-refractivity contribution in [1.82, 2.24) is 4.90 Å². The smallest absolute Gasteiger partial charge is 0.0670 e. The molecule has 1 aromatic rings. The van der Waals surface area contributed by atoms with Gasteiger partial charge >= 0.3 is 0 Å². The van der Waals surface area contributed by atoms with E-state index in [-0.39, 0.29) is 0 Å². The number of anilines is 2. The summed E-state index contributed by atoms with van der Waals surface area (Å²) in [5.74, 6) is 0. The molecule has 1 fully saturated rings. The van der Waals surface area contributed by atoms with E-state index >= 15 is 0 Å². The van der Waals surface area contributed by atoms with Crippen molar-refractivity contribution in [3.8, 4) is 6.07 Å². The van der Waals surface area contributed by atoms with Gasteiger partial charge in [-0.25, -0.2) is 0 Å². The van der Waals surface area contributed by atoms with Gasteiger partial charge in [0.1, 0.15) is 0 Å². The SMILES string of the molecule is CC(CNc1ccc(N)c(CC#N)c1)N1CCCCC1. The lowest BCUT2D eigenvalue weighted by Crippen LogP contribution is -2.41. The molecule has 108 valence electrons. The average molecular weight is 272 g/mol. The summed E-state index contributed by atoms with van der Waals surface area (Å²) in [6.07, 6.45) is 4.37. The molecule has 1 unspecified atom stereocenters. The second-order valence-electron chi connectivity index (χ2n) is 5.58. The quantitative estimate of drug-likeness (QED) is 0.809. The molecule has 3 N–H and O–H groups in total. The number of nitrogen functional groups attached to an aromatic ring is 1. The molecule has 4 nitrogen and oxygen atoms in total. The van der Waals surface area contributed by atoms with Crippen molar-refractivity contribution in [2.75, 3.05) is 30.7 Å². The van der Waals surface area contributed by atoms with Crippen LogP contribution in [0.3, 0.4) is 0 Å². The predicted octanol–water partition coefficient (Wildman–Crippen LogP) is 2.62. The van der Waals surface area contributed by atoms with Crippen LogP contribution in [0.5, 0.6) is 0 Å². The third-order valence-electron chi connectivity index (χ3n) is 4.03. The van der Waals surface area contributed by atoms with Crippen LogP contribution in [0, 0.1) is 11.3 Å². The number of nitrogens with two attached hydrogens (primary N) is 1. The van der Waals surface area contributed by atoms with Gasteiger partial charge in [-0.05, 0) is 56.6 Å². The Bertz CT molecular complexity index is 472. The van der Waals surface area contributed by atoms with E-state index in [0.29, 0.717) is 18.2 Å². The van der Waals surface area contributed by atoms with E-state index in [2.05, 4.69) is 23.2 Å². The Morgan fingerprint density at radius 2 is 2.10 bits per heavy atom. The maximum atomic E-state index is 8.79. The second-order valence-corrected chi connectivity index (χ2v) is 5.58. The molecule has 1 saturated heterocycles. The van der Waals surface area contributed by atoms with Gasteiger partial charge in [0.15, 0.2) is 0 Å². The Kier molecular flexibility index (Phi) is 5.25. The molecule has 4 heteroatoms. The van der Waals surface area contributed by atoms with Crippen LogP contribution in [-0.4, -0.2) is 30.6 Å². The van der Waals surface area contributed by atoms with Gasteiger partial charge in [0.25, 0.3) is 0 Å². The number of likely N-dealkylation sites (tertiary alicyclic amines) is 1. The lowest BCUT2D eigenvalue weighted by molar-refractivity contribution is 0.180. The van der Waals surface area contributed by atoms with E-state index in [9.17, 15) is 0 Å². The van der Waals surface area contributed by atoms with Crippen LogP contribution in [-0.2, 0) is 6.42 Å². The molecule has 0 aliphatic carbocycles. The third kappa shape index (κ3) is 3.88. The van der Waals surface area contributed by atoms with E-state index in [4.69, 9.17) is 11.0 Å². The van der Waals surface area contributed by atoms with Crippen LogP contribution in [0.4, 0.5) is 11.4 Å². The fourth-order valence-corrected chi connectivity index (χ4v) is 2.71. The van der Waals surface area contributed by atoms with Crippen LogP contribution in [0.15, 0.2) is 18.2 Å². The zero-order valence-electron chi connectivity index (χ0n) is 12.2. The highest BCUT2D eigenvalue weighted by Crippen LogP contribution is 2.19. The van der Waals surface area contributed by atoms with E-state index in [0.717, 1.165) is 17.8 Å². The number of hydrogen-bond donors (Lipinski definition) is 2. The minimum Gasteiger partial charge on any atom is -0.398 e. The van der Waals surface area contributed by atoms with Crippen LogP contribution >= 0.6 is 0 Å². The first kappa shape index (κ1) is 14.7. The summed E-state index contributed by atoms with van der Waals surface area (Å²) in [6, 6.07) is 8.54. The normalized spacial score (nSPS) is 17.4. The summed E-state index contributed by atoms with van der Waals surface area (Å²) in [7, 11) is 0. The van der Waals surface area contributed by atoms with Gasteiger partial charge in [0, 0.05) is 24.0 Å². The van der Waals surface area contributed by atoms with Gasteiger partial charge in [-0.2, -0.15) is 5.26 Å². The topological polar surface area (TPSA) is 65.1 Å². The molecule has 0 aromatic heterocycles. The fourth-order valence-electron chi connectivity index (χ4n) is 2.71. The minimum atomic E-state index is 0.364. The van der Waals surface area contributed by atoms with Gasteiger partial charge in [0.2, 0.25) is 0 Å². The monoisotopic (exact) mass is 272 g/mol. The number of rotatable bonds is 5. The van der Waals surface area contributed by atoms with Crippen LogP contribution in [0.2, 0.25) is 0 Å². The fraction of sp³-hybridized carbons (Fsp3) is 0.562. The Balaban J connectivity index is 1.90. The minimum absolute atomic E-state index is 0.364. The number of nitrogens with one attached hydrogen (secondary N) is 1. The molecule has 1 heterocycles. The van der Waals surface area contributed by atoms with Crippen LogP contribution < -0.4 is 11.1 Å². The van der Waals surface area contributed by atoms with E-state index in [1.165, 1.54) is 32.4 Å². The zero-order valence-corrected chi connectivity index (χ0v) is 12.2. The molecule has 1 aliphatic rings. The molecule has 0 spiro atoms. The second kappa shape index (κ2) is 7.16. The van der Waals surface area contributed by atoms with Crippen molar-refractivity contribution in [3.05, 3.63) is 23.8 Å². The maximum Gasteiger partial charge on any atom is 0.0670 e. The molecule has 0 amide bonds. The Labute approximate surface area is 121 Å². The van der Waals surface area contributed by atoms with Gasteiger partial charge in [0.05, 0.1) is 12.5 Å². The van der Waals surface area contributed by atoms with Crippen molar-refractivity contribution in [3.63, 3.8) is 0 Å². The van der Waals surface area contributed by atoms with Crippen molar-refractivity contribution in [1.29, 1.82) is 5.26 Å². The first-order valence-corrected chi connectivity index (χ1v) is 7.44. The molecule has 2 rings (SSSR count). The summed E-state index contributed by atoms with van der Waals surface area (Å²) < 4.78 is 0. The molecular formula is C16H24N4. The summed E-state index contributed by atoms with van der Waals surface area (Å²) in [4.78, 5) is 2.55. The molecule has 0 bridgehead atoms. The molecule has 1 aliphatic heterocycles. The number of nitriles is 1. The molecule has 1 aromatic carbocycles. The van der Waals surface area contributed by atoms with Gasteiger partial charge < -0.3 is 11.1 Å². The molecule has 1 atom stereocenters. The van der Waals surface area contributed by atoms with E-state index in [1.807, 2.05) is 18.2 Å². The Hall–Kier alpha value is -1.73. The number of piperidine rings is 1. The molecule has 0 saturated carbocycles. The summed E-state index contributed by atoms with van der Waals surface area (Å²) >= 11 is 0. The predicted molar refractivity (Wildman–Crippen MR) is 83.5 cm³/mol. The van der Waals surface area contributed by atoms with Gasteiger partial charge in [-0.15, -0.1) is 0 Å². The molecule has 20 heavy (non-hydrogen) atoms. The average Bonchev–Trinajstić information content (AvgIpc) is 2.49. The van der Waals surface area contributed by atoms with Crippen molar-refractivity contribution in [2.24, 2.45) is 0 Å². The maximum absolute atomic E-state index is 8.79. The lowest BCUT2D eigenvalue weighted by Gasteiger charge is -2.32. The van der Waals surface area contributed by atoms with Crippen molar-refractivity contribution in [2.45, 2.75) is 38.6 Å². The lowest BCUT2D eigenvalue weighted by atomic mass is 10.1. The highest BCUT2D eigenvalue weighted by Gasteiger charge is 2.16. The van der Waals surface area contributed by atoms with Crippen molar-refractivity contribution >= 4 is 11.4 Å².